The third kappa shape index (κ3) is 3.09. The number of aryl methyl sites for hydroxylation is 2. The van der Waals surface area contributed by atoms with Crippen LogP contribution in [0.15, 0.2) is 97.2 Å². The van der Waals surface area contributed by atoms with Crippen LogP contribution < -0.4 is 5.32 Å². The molecule has 4 aromatic carbocycles. The predicted molar refractivity (Wildman–Crippen MR) is 167 cm³/mol. The Bertz CT molecular complexity index is 2070. The first-order valence-electron chi connectivity index (χ1n) is 14.9. The minimum Gasteiger partial charge on any atom is -0.380 e. The second-order valence-corrected chi connectivity index (χ2v) is 11.8. The number of hydrogen-bond acceptors (Lipinski definition) is 2. The Morgan fingerprint density at radius 3 is 2.42 bits per heavy atom. The van der Waals surface area contributed by atoms with Gasteiger partial charge in [-0.15, -0.1) is 0 Å². The maximum Gasteiger partial charge on any atom is 0.0634 e. The lowest BCUT2D eigenvalue weighted by Gasteiger charge is -2.32. The molecule has 40 heavy (non-hydrogen) atoms. The first-order chi connectivity index (χ1) is 19.9. The molecule has 194 valence electrons. The van der Waals surface area contributed by atoms with E-state index in [0.29, 0.717) is 12.0 Å². The number of nitrogens with zero attached hydrogens (tertiary/aromatic N) is 2. The number of anilines is 1. The van der Waals surface area contributed by atoms with Gasteiger partial charge in [0.1, 0.15) is 0 Å². The van der Waals surface area contributed by atoms with E-state index in [1.54, 1.807) is 0 Å². The van der Waals surface area contributed by atoms with Crippen LogP contribution in [0.3, 0.4) is 0 Å². The number of para-hydroxylation sites is 2. The van der Waals surface area contributed by atoms with Crippen LogP contribution in [0.1, 0.15) is 48.4 Å². The molecule has 9 rings (SSSR count). The van der Waals surface area contributed by atoms with Crippen LogP contribution in [0.5, 0.6) is 0 Å². The van der Waals surface area contributed by atoms with Crippen molar-refractivity contribution in [1.82, 2.24) is 9.38 Å². The molecule has 2 aliphatic rings. The monoisotopic (exact) mass is 517 g/mol. The van der Waals surface area contributed by atoms with Gasteiger partial charge in [0.05, 0.1) is 27.9 Å². The van der Waals surface area contributed by atoms with Gasteiger partial charge in [-0.2, -0.15) is 0 Å². The predicted octanol–water partition coefficient (Wildman–Crippen LogP) is 9.14. The highest BCUT2D eigenvalue weighted by Crippen LogP contribution is 2.50. The van der Waals surface area contributed by atoms with Gasteiger partial charge in [-0.1, -0.05) is 67.1 Å². The number of aromatic nitrogens is 2. The van der Waals surface area contributed by atoms with Crippen molar-refractivity contribution in [3.8, 4) is 11.1 Å². The van der Waals surface area contributed by atoms with Gasteiger partial charge in [-0.05, 0) is 84.7 Å². The second kappa shape index (κ2) is 8.56. The van der Waals surface area contributed by atoms with Crippen LogP contribution in [0.25, 0.3) is 49.2 Å². The molecule has 7 aromatic rings. The van der Waals surface area contributed by atoms with Crippen LogP contribution in [-0.2, 0) is 12.8 Å². The molecule has 4 heterocycles. The minimum absolute atomic E-state index is 0.357. The Morgan fingerprint density at radius 1 is 0.700 bits per heavy atom. The van der Waals surface area contributed by atoms with E-state index >= 15 is 0 Å². The Hall–Kier alpha value is -4.37. The molecule has 0 amide bonds. The van der Waals surface area contributed by atoms with Gasteiger partial charge in [0.15, 0.2) is 0 Å². The van der Waals surface area contributed by atoms with Crippen molar-refractivity contribution in [1.29, 1.82) is 0 Å². The van der Waals surface area contributed by atoms with Crippen LogP contribution in [-0.4, -0.2) is 15.4 Å². The number of hydrogen-bond donors (Lipinski definition) is 1. The maximum atomic E-state index is 4.77. The van der Waals surface area contributed by atoms with E-state index in [-0.39, 0.29) is 0 Å². The molecule has 2 unspecified atom stereocenters. The lowest BCUT2D eigenvalue weighted by molar-refractivity contribution is 0.478. The van der Waals surface area contributed by atoms with E-state index in [2.05, 4.69) is 101 Å². The largest absolute Gasteiger partial charge is 0.380 e. The minimum atomic E-state index is 0.357. The Labute approximate surface area is 233 Å². The van der Waals surface area contributed by atoms with Gasteiger partial charge in [-0.3, -0.25) is 4.98 Å². The fourth-order valence-corrected chi connectivity index (χ4v) is 8.01. The van der Waals surface area contributed by atoms with Crippen LogP contribution in [0.4, 0.5) is 5.69 Å². The summed E-state index contributed by atoms with van der Waals surface area (Å²) in [5.41, 5.74) is 12.3. The molecule has 3 heteroatoms. The zero-order valence-corrected chi connectivity index (χ0v) is 22.5. The summed E-state index contributed by atoms with van der Waals surface area (Å²) in [7, 11) is 0. The normalized spacial score (nSPS) is 19.1. The molecule has 2 atom stereocenters. The van der Waals surface area contributed by atoms with Crippen molar-refractivity contribution in [2.24, 2.45) is 0 Å². The third-order valence-electron chi connectivity index (χ3n) is 9.71. The molecule has 0 fully saturated rings. The second-order valence-electron chi connectivity index (χ2n) is 11.8. The summed E-state index contributed by atoms with van der Waals surface area (Å²) in [6, 6.07) is 34.4. The molecule has 0 saturated heterocycles. The lowest BCUT2D eigenvalue weighted by atomic mass is 9.80. The van der Waals surface area contributed by atoms with Crippen molar-refractivity contribution in [2.45, 2.75) is 50.5 Å². The molecule has 0 saturated carbocycles. The molecule has 0 bridgehead atoms. The summed E-state index contributed by atoms with van der Waals surface area (Å²) in [4.78, 5) is 4.77. The molecule has 1 aliphatic heterocycles. The lowest BCUT2D eigenvalue weighted by Crippen LogP contribution is -2.30. The third-order valence-corrected chi connectivity index (χ3v) is 9.71. The number of nitrogens with one attached hydrogen (secondary N) is 1. The fraction of sp³-hybridized carbons (Fsp3) is 0.216. The van der Waals surface area contributed by atoms with E-state index < -0.39 is 0 Å². The quantitative estimate of drug-likeness (QED) is 0.235. The smallest absolute Gasteiger partial charge is 0.0634 e. The van der Waals surface area contributed by atoms with Crippen molar-refractivity contribution < 1.29 is 0 Å². The van der Waals surface area contributed by atoms with E-state index in [0.717, 1.165) is 19.3 Å². The average Bonchev–Trinajstić information content (AvgIpc) is 3.44. The summed E-state index contributed by atoms with van der Waals surface area (Å²) in [5, 5.41) is 9.61. The van der Waals surface area contributed by atoms with Gasteiger partial charge in [0.25, 0.3) is 0 Å². The highest BCUT2D eigenvalue weighted by molar-refractivity contribution is 6.26. The van der Waals surface area contributed by atoms with E-state index in [4.69, 9.17) is 4.98 Å². The topological polar surface area (TPSA) is 29.3 Å². The van der Waals surface area contributed by atoms with E-state index in [9.17, 15) is 0 Å². The number of fused-ring (bicyclic) bond motifs is 11. The van der Waals surface area contributed by atoms with Crippen molar-refractivity contribution in [3.05, 3.63) is 114 Å². The molecule has 3 nitrogen and oxygen atoms in total. The zero-order chi connectivity index (χ0) is 26.2. The summed E-state index contributed by atoms with van der Waals surface area (Å²) < 4.78 is 2.54. The Morgan fingerprint density at radius 2 is 1.50 bits per heavy atom. The molecule has 3 aromatic heterocycles. The Balaban J connectivity index is 1.40. The van der Waals surface area contributed by atoms with Gasteiger partial charge >= 0.3 is 0 Å². The van der Waals surface area contributed by atoms with Crippen molar-refractivity contribution in [2.75, 3.05) is 5.32 Å². The molecule has 1 aliphatic carbocycles. The van der Waals surface area contributed by atoms with Crippen molar-refractivity contribution >= 4 is 43.8 Å². The highest BCUT2D eigenvalue weighted by Gasteiger charge is 2.34. The van der Waals surface area contributed by atoms with E-state index in [1.165, 1.54) is 91.0 Å². The summed E-state index contributed by atoms with van der Waals surface area (Å²) >= 11 is 0. The van der Waals surface area contributed by atoms with Crippen molar-refractivity contribution in [3.63, 3.8) is 0 Å². The van der Waals surface area contributed by atoms with Gasteiger partial charge in [-0.25, -0.2) is 0 Å². The summed E-state index contributed by atoms with van der Waals surface area (Å²) in [5.74, 6) is 0.394. The van der Waals surface area contributed by atoms with Crippen LogP contribution in [0.2, 0.25) is 0 Å². The van der Waals surface area contributed by atoms with E-state index in [1.807, 2.05) is 6.20 Å². The highest BCUT2D eigenvalue weighted by atomic mass is 15.0. The molecule has 1 N–H and O–H groups in total. The van der Waals surface area contributed by atoms with Crippen LogP contribution in [0, 0.1) is 0 Å². The molecular weight excluding hydrogens is 486 g/mol. The average molecular weight is 518 g/mol. The van der Waals surface area contributed by atoms with Gasteiger partial charge in [0, 0.05) is 39.7 Å². The SMILES string of the molecule is c1ccc2c(c1)CCC(C1CCCCc3ncccc3N1)c1c-2cc2c3ccccc3n3c4ccccc4c1c23. The number of benzene rings is 4. The van der Waals surface area contributed by atoms with Gasteiger partial charge < -0.3 is 9.72 Å². The zero-order valence-electron chi connectivity index (χ0n) is 22.5. The van der Waals surface area contributed by atoms with Gasteiger partial charge in [0.2, 0.25) is 0 Å². The summed E-state index contributed by atoms with van der Waals surface area (Å²) in [6.07, 6.45) is 8.84. The molecule has 0 spiro atoms. The molecule has 0 radical (unpaired) electrons. The first-order valence-corrected chi connectivity index (χ1v) is 14.9. The molecular formula is C37H31N3. The maximum absolute atomic E-state index is 4.77. The fourth-order valence-electron chi connectivity index (χ4n) is 8.01. The number of pyridine rings is 1. The van der Waals surface area contributed by atoms with Crippen LogP contribution >= 0.6 is 0 Å². The Kier molecular flexibility index (Phi) is 4.81. The number of rotatable bonds is 1. The standard InChI is InChI=1S/C37H31N3/c1-2-11-24-23(10-1)19-20-26(30-14-5-6-15-31-32(39-30)16-9-21-38-31)35-28(24)22-29-25-12-3-7-17-33(25)40-34-18-8-4-13-27(34)36(35)37(29)40/h1-4,7-13,16-18,21-22,26,30,39H,5-6,14-15,19-20H2. The summed E-state index contributed by atoms with van der Waals surface area (Å²) in [6.45, 7) is 0. The first kappa shape index (κ1) is 22.4.